The molecule has 1 aliphatic carbocycles. The molecule has 2 aliphatic heterocycles. The van der Waals surface area contributed by atoms with E-state index >= 15 is 0 Å². The predicted molar refractivity (Wildman–Crippen MR) is 169 cm³/mol. The van der Waals surface area contributed by atoms with Gasteiger partial charge in [0.25, 0.3) is 5.91 Å². The van der Waals surface area contributed by atoms with Crippen LogP contribution in [0.25, 0.3) is 0 Å². The number of piperazine rings is 1. The Bertz CT molecular complexity index is 1440. The lowest BCUT2D eigenvalue weighted by atomic mass is 9.65. The average molecular weight is 611 g/mol. The first-order valence-electron chi connectivity index (χ1n) is 14.4. The van der Waals surface area contributed by atoms with Gasteiger partial charge in [-0.2, -0.15) is 0 Å². The lowest BCUT2D eigenvalue weighted by Gasteiger charge is -2.39. The van der Waals surface area contributed by atoms with Crippen LogP contribution < -0.4 is 9.80 Å². The summed E-state index contributed by atoms with van der Waals surface area (Å²) in [7, 11) is 0. The Morgan fingerprint density at radius 2 is 1.71 bits per heavy atom. The van der Waals surface area contributed by atoms with Gasteiger partial charge in [-0.25, -0.2) is 9.97 Å². The van der Waals surface area contributed by atoms with E-state index in [1.54, 1.807) is 11.8 Å². The Kier molecular flexibility index (Phi) is 7.90. The zero-order valence-corrected chi connectivity index (χ0v) is 26.3. The highest BCUT2D eigenvalue weighted by Gasteiger charge is 2.51. The van der Waals surface area contributed by atoms with Gasteiger partial charge in [0.1, 0.15) is 11.0 Å². The van der Waals surface area contributed by atoms with E-state index in [-0.39, 0.29) is 16.7 Å². The molecular weight excluding hydrogens is 573 g/mol. The number of hydrogen-bond donors (Lipinski definition) is 0. The van der Waals surface area contributed by atoms with Crippen LogP contribution in [0, 0.1) is 10.8 Å². The summed E-state index contributed by atoms with van der Waals surface area (Å²) in [6.07, 6.45) is 3.37. The first-order valence-corrected chi connectivity index (χ1v) is 16.1. The fourth-order valence-corrected chi connectivity index (χ4v) is 8.58. The molecule has 1 amide bonds. The van der Waals surface area contributed by atoms with Crippen molar-refractivity contribution in [1.29, 1.82) is 0 Å². The second kappa shape index (κ2) is 11.3. The lowest BCUT2D eigenvalue weighted by molar-refractivity contribution is 0.0708. The number of thioether (sulfide) groups is 1. The molecule has 2 unspecified atom stereocenters. The third-order valence-corrected chi connectivity index (χ3v) is 10.1. The second-order valence-corrected chi connectivity index (χ2v) is 14.6. The van der Waals surface area contributed by atoms with Gasteiger partial charge in [-0.05, 0) is 59.9 Å². The first kappa shape index (κ1) is 28.6. The van der Waals surface area contributed by atoms with Gasteiger partial charge in [-0.1, -0.05) is 80.0 Å². The SMILES string of the molecule is CC1(C)CC2CC(C)(CN2C(=O)c2cccc(CSc3nc(Cl)cc(N4CCN(c5ccccc5Cl)CC4)n3)c2)C1. The van der Waals surface area contributed by atoms with Gasteiger partial charge in [-0.3, -0.25) is 4.79 Å². The molecule has 6 rings (SSSR count). The van der Waals surface area contributed by atoms with Crippen molar-refractivity contribution in [2.24, 2.45) is 10.8 Å². The number of halogens is 2. The maximum absolute atomic E-state index is 13.6. The number of amides is 1. The summed E-state index contributed by atoms with van der Waals surface area (Å²) in [5.41, 5.74) is 3.41. The minimum absolute atomic E-state index is 0.153. The molecule has 3 aromatic rings. The number of anilines is 2. The molecule has 0 spiro atoms. The van der Waals surface area contributed by atoms with Crippen molar-refractivity contribution >= 4 is 52.4 Å². The van der Waals surface area contributed by atoms with Gasteiger partial charge < -0.3 is 14.7 Å². The number of fused-ring (bicyclic) bond motifs is 2. The molecule has 0 radical (unpaired) electrons. The van der Waals surface area contributed by atoms with Crippen molar-refractivity contribution in [2.45, 2.75) is 57.0 Å². The van der Waals surface area contributed by atoms with Gasteiger partial charge in [0.05, 0.1) is 10.7 Å². The number of hydrogen-bond acceptors (Lipinski definition) is 6. The average Bonchev–Trinajstić information content (AvgIpc) is 3.20. The number of carbonyl (C=O) groups excluding carboxylic acids is 1. The third kappa shape index (κ3) is 6.32. The van der Waals surface area contributed by atoms with Gasteiger partial charge in [0.15, 0.2) is 5.16 Å². The van der Waals surface area contributed by atoms with E-state index < -0.39 is 0 Å². The Hall–Kier alpha value is -2.48. The molecule has 3 fully saturated rings. The Morgan fingerprint density at radius 1 is 0.951 bits per heavy atom. The number of para-hydroxylation sites is 1. The van der Waals surface area contributed by atoms with Gasteiger partial charge in [0.2, 0.25) is 0 Å². The van der Waals surface area contributed by atoms with Crippen molar-refractivity contribution in [3.05, 3.63) is 75.9 Å². The first-order chi connectivity index (χ1) is 19.6. The van der Waals surface area contributed by atoms with Crippen LogP contribution in [0.4, 0.5) is 11.5 Å². The smallest absolute Gasteiger partial charge is 0.254 e. The Balaban J connectivity index is 1.10. The van der Waals surface area contributed by atoms with E-state index in [0.29, 0.717) is 22.1 Å². The molecule has 41 heavy (non-hydrogen) atoms. The number of likely N-dealkylation sites (tertiary alicyclic amines) is 1. The summed E-state index contributed by atoms with van der Waals surface area (Å²) in [5, 5.41) is 1.85. The van der Waals surface area contributed by atoms with Crippen LogP contribution in [0.15, 0.2) is 59.8 Å². The molecule has 2 saturated heterocycles. The van der Waals surface area contributed by atoms with E-state index in [4.69, 9.17) is 28.2 Å². The van der Waals surface area contributed by atoms with Crippen LogP contribution in [0.5, 0.6) is 0 Å². The highest BCUT2D eigenvalue weighted by atomic mass is 35.5. The fourth-order valence-electron chi connectivity index (χ4n) is 7.30. The molecule has 216 valence electrons. The molecule has 3 heterocycles. The molecule has 1 saturated carbocycles. The fraction of sp³-hybridized carbons (Fsp3) is 0.469. The van der Waals surface area contributed by atoms with Crippen molar-refractivity contribution in [3.8, 4) is 0 Å². The normalized spacial score (nSPS) is 23.6. The quantitative estimate of drug-likeness (QED) is 0.164. The van der Waals surface area contributed by atoms with Gasteiger partial charge in [-0.15, -0.1) is 0 Å². The molecule has 6 nitrogen and oxygen atoms in total. The molecule has 1 aromatic heterocycles. The van der Waals surface area contributed by atoms with Crippen molar-refractivity contribution in [1.82, 2.24) is 14.9 Å². The van der Waals surface area contributed by atoms with Crippen LogP contribution in [0.2, 0.25) is 10.2 Å². The van der Waals surface area contributed by atoms with Crippen LogP contribution >= 0.6 is 35.0 Å². The number of benzene rings is 2. The molecule has 2 aromatic carbocycles. The monoisotopic (exact) mass is 609 g/mol. The second-order valence-electron chi connectivity index (χ2n) is 12.9. The maximum atomic E-state index is 13.6. The van der Waals surface area contributed by atoms with Crippen molar-refractivity contribution in [3.63, 3.8) is 0 Å². The van der Waals surface area contributed by atoms with E-state index in [1.807, 2.05) is 42.5 Å². The molecule has 2 bridgehead atoms. The minimum Gasteiger partial charge on any atom is -0.367 e. The van der Waals surface area contributed by atoms with E-state index in [0.717, 1.165) is 73.2 Å². The molecule has 9 heteroatoms. The van der Waals surface area contributed by atoms with E-state index in [2.05, 4.69) is 52.6 Å². The van der Waals surface area contributed by atoms with Crippen LogP contribution in [0.3, 0.4) is 0 Å². The van der Waals surface area contributed by atoms with Gasteiger partial charge >= 0.3 is 0 Å². The maximum Gasteiger partial charge on any atom is 0.254 e. The zero-order valence-electron chi connectivity index (χ0n) is 23.9. The summed E-state index contributed by atoms with van der Waals surface area (Å²) < 4.78 is 0. The standard InChI is InChI=1S/C32H37Cl2N5OS/c1-31(2)17-24-18-32(3,20-31)21-39(24)29(40)23-8-6-7-22(15-23)19-41-30-35-27(34)16-28(36-30)38-13-11-37(12-14-38)26-10-5-4-9-25(26)33/h4-10,15-16,24H,11-14,17-21H2,1-3H3. The topological polar surface area (TPSA) is 52.6 Å². The molecule has 2 atom stereocenters. The summed E-state index contributed by atoms with van der Waals surface area (Å²) in [6.45, 7) is 11.2. The van der Waals surface area contributed by atoms with E-state index in [1.165, 1.54) is 6.42 Å². The van der Waals surface area contributed by atoms with Crippen molar-refractivity contribution < 1.29 is 4.79 Å². The number of nitrogens with zero attached hydrogens (tertiary/aromatic N) is 5. The number of rotatable bonds is 6. The molecule has 0 N–H and O–H groups in total. The number of carbonyl (C=O) groups is 1. The van der Waals surface area contributed by atoms with Crippen LogP contribution in [0.1, 0.15) is 56.0 Å². The predicted octanol–water partition coefficient (Wildman–Crippen LogP) is 7.44. The highest BCUT2D eigenvalue weighted by Crippen LogP contribution is 2.52. The van der Waals surface area contributed by atoms with Gasteiger partial charge in [0, 0.05) is 56.1 Å². The summed E-state index contributed by atoms with van der Waals surface area (Å²) in [5.74, 6) is 1.65. The summed E-state index contributed by atoms with van der Waals surface area (Å²) >= 11 is 14.4. The van der Waals surface area contributed by atoms with E-state index in [9.17, 15) is 4.79 Å². The Labute approximate surface area is 257 Å². The summed E-state index contributed by atoms with van der Waals surface area (Å²) in [6, 6.07) is 18.2. The Morgan fingerprint density at radius 3 is 2.49 bits per heavy atom. The largest absolute Gasteiger partial charge is 0.367 e. The zero-order chi connectivity index (χ0) is 28.8. The van der Waals surface area contributed by atoms with Crippen LogP contribution in [-0.4, -0.2) is 59.5 Å². The molecular formula is C32H37Cl2N5OS. The van der Waals surface area contributed by atoms with Crippen LogP contribution in [-0.2, 0) is 5.75 Å². The lowest BCUT2D eigenvalue weighted by Crippen LogP contribution is -2.47. The molecule has 3 aliphatic rings. The van der Waals surface area contributed by atoms with Crippen molar-refractivity contribution in [2.75, 3.05) is 42.5 Å². The minimum atomic E-state index is 0.153. The highest BCUT2D eigenvalue weighted by molar-refractivity contribution is 7.98. The third-order valence-electron chi connectivity index (χ3n) is 8.68. The number of aromatic nitrogens is 2. The summed E-state index contributed by atoms with van der Waals surface area (Å²) in [4.78, 5) is 29.6.